The van der Waals surface area contributed by atoms with E-state index in [-0.39, 0.29) is 40.8 Å². The number of carbonyl (C=O) groups is 4. The Kier molecular flexibility index (Phi) is 8.61. The first-order chi connectivity index (χ1) is 20.8. The van der Waals surface area contributed by atoms with Crippen molar-refractivity contribution in [3.63, 3.8) is 0 Å². The summed E-state index contributed by atoms with van der Waals surface area (Å²) in [5.74, 6) is -4.12. The van der Waals surface area contributed by atoms with E-state index in [0.29, 0.717) is 0 Å². The molecule has 0 saturated carbocycles. The lowest BCUT2D eigenvalue weighted by Crippen LogP contribution is -2.56. The van der Waals surface area contributed by atoms with Gasteiger partial charge in [-0.2, -0.15) is 5.48 Å². The number of nitrogens with one attached hydrogen (secondary N) is 2. The Balaban J connectivity index is 1.57. The number of amides is 1. The highest BCUT2D eigenvalue weighted by Gasteiger charge is 2.49. The zero-order valence-electron chi connectivity index (χ0n) is 24.2. The molecule has 5 rings (SSSR count). The molecule has 2 aliphatic carbocycles. The second kappa shape index (κ2) is 12.0. The fourth-order valence-corrected chi connectivity index (χ4v) is 6.23. The average molecular weight is 615 g/mol. The number of hydrogen-bond donors (Lipinski definition) is 7. The number of rotatable bonds is 8. The number of Topliss-reactive ketones (excluding diaryl/α,β-unsaturated/α-hetero) is 1. The van der Waals surface area contributed by atoms with Crippen molar-refractivity contribution in [2.45, 2.75) is 76.0 Å². The largest absolute Gasteiger partial charge is 0.507 e. The summed E-state index contributed by atoms with van der Waals surface area (Å²) < 4.78 is 12.0. The normalized spacial score (nSPS) is 27.7. The van der Waals surface area contributed by atoms with Crippen LogP contribution in [0.3, 0.4) is 0 Å². The number of carbonyl (C=O) groups excluding carboxylic acids is 4. The van der Waals surface area contributed by atoms with E-state index in [1.807, 2.05) is 0 Å². The van der Waals surface area contributed by atoms with Gasteiger partial charge in [0, 0.05) is 41.5 Å². The van der Waals surface area contributed by atoms with Crippen molar-refractivity contribution >= 4 is 23.3 Å². The number of phenolic OH excluding ortho intramolecular Hbond substituents is 2. The van der Waals surface area contributed by atoms with E-state index in [9.17, 15) is 44.7 Å². The number of aromatic hydroxyl groups is 2. The highest BCUT2D eigenvalue weighted by molar-refractivity contribution is 6.31. The van der Waals surface area contributed by atoms with Crippen molar-refractivity contribution in [3.8, 4) is 11.5 Å². The first kappa shape index (κ1) is 31.7. The second-order valence-corrected chi connectivity index (χ2v) is 11.3. The summed E-state index contributed by atoms with van der Waals surface area (Å²) in [5.41, 5.74) is -0.988. The molecule has 0 aromatic heterocycles. The van der Waals surface area contributed by atoms with Gasteiger partial charge >= 0.3 is 0 Å². The topological polar surface area (TPSA) is 221 Å². The Labute approximate surface area is 251 Å². The van der Waals surface area contributed by atoms with Crippen LogP contribution in [0.4, 0.5) is 0 Å². The van der Waals surface area contributed by atoms with E-state index in [1.165, 1.54) is 25.3 Å². The number of aliphatic hydroxyl groups is 3. The Morgan fingerprint density at radius 2 is 1.82 bits per heavy atom. The lowest BCUT2D eigenvalue weighted by atomic mass is 9.71. The summed E-state index contributed by atoms with van der Waals surface area (Å²) >= 11 is 0. The fourth-order valence-electron chi connectivity index (χ4n) is 6.23. The number of phenols is 2. The number of ketones is 3. The van der Waals surface area contributed by atoms with E-state index >= 15 is 0 Å². The number of aliphatic hydroxyl groups excluding tert-OH is 2. The first-order valence-corrected chi connectivity index (χ1v) is 14.0. The Hall–Kier alpha value is -3.76. The molecule has 1 saturated heterocycles. The van der Waals surface area contributed by atoms with Gasteiger partial charge in [0.2, 0.25) is 5.91 Å². The summed E-state index contributed by atoms with van der Waals surface area (Å²) in [6, 6.07) is 3.45. The molecule has 14 heteroatoms. The molecule has 2 aromatic rings. The van der Waals surface area contributed by atoms with Crippen LogP contribution in [-0.2, 0) is 36.9 Å². The molecule has 2 aromatic carbocycles. The van der Waals surface area contributed by atoms with Crippen molar-refractivity contribution in [1.29, 1.82) is 0 Å². The van der Waals surface area contributed by atoms with E-state index < -0.39 is 102 Å². The van der Waals surface area contributed by atoms with Crippen LogP contribution >= 0.6 is 0 Å². The Morgan fingerprint density at radius 1 is 1.11 bits per heavy atom. The van der Waals surface area contributed by atoms with E-state index in [1.54, 1.807) is 6.92 Å². The van der Waals surface area contributed by atoms with Gasteiger partial charge in [0.25, 0.3) is 0 Å². The van der Waals surface area contributed by atoms with Crippen molar-refractivity contribution in [3.05, 3.63) is 57.1 Å². The zero-order chi connectivity index (χ0) is 32.1. The van der Waals surface area contributed by atoms with Crippen LogP contribution in [0.1, 0.15) is 81.3 Å². The molecule has 1 heterocycles. The van der Waals surface area contributed by atoms with Crippen LogP contribution in [0.5, 0.6) is 11.5 Å². The summed E-state index contributed by atoms with van der Waals surface area (Å²) in [6.45, 7) is 1.94. The molecule has 6 atom stereocenters. The molecule has 4 unspecified atom stereocenters. The molecular weight excluding hydrogens is 580 g/mol. The quantitative estimate of drug-likeness (QED) is 0.129. The molecule has 0 spiro atoms. The van der Waals surface area contributed by atoms with Gasteiger partial charge in [-0.1, -0.05) is 18.2 Å². The van der Waals surface area contributed by atoms with Crippen molar-refractivity contribution < 1.29 is 59.0 Å². The highest BCUT2D eigenvalue weighted by Crippen LogP contribution is 2.52. The molecule has 236 valence electrons. The summed E-state index contributed by atoms with van der Waals surface area (Å²) in [7, 11) is 1.34. The Bertz CT molecular complexity index is 1540. The van der Waals surface area contributed by atoms with Gasteiger partial charge in [0.15, 0.2) is 23.6 Å². The van der Waals surface area contributed by atoms with E-state index in [4.69, 9.17) is 9.47 Å². The molecule has 3 aliphatic rings. The molecule has 7 N–H and O–H groups in total. The lowest BCUT2D eigenvalue weighted by Gasteiger charge is -2.42. The molecule has 1 fully saturated rings. The summed E-state index contributed by atoms with van der Waals surface area (Å²) in [5, 5.41) is 57.5. The minimum atomic E-state index is -2.08. The monoisotopic (exact) mass is 614 g/mol. The van der Waals surface area contributed by atoms with Gasteiger partial charge < -0.3 is 45.2 Å². The maximum atomic E-state index is 13.7. The molecule has 1 amide bonds. The maximum Gasteiger partial charge on any atom is 0.236 e. The number of hydrogen-bond acceptors (Lipinski definition) is 13. The van der Waals surface area contributed by atoms with Crippen molar-refractivity contribution in [2.24, 2.45) is 0 Å². The third kappa shape index (κ3) is 5.28. The van der Waals surface area contributed by atoms with Crippen LogP contribution in [0.2, 0.25) is 0 Å². The summed E-state index contributed by atoms with van der Waals surface area (Å²) in [4.78, 5) is 56.9. The molecule has 0 radical (unpaired) electrons. The van der Waals surface area contributed by atoms with Gasteiger partial charge in [-0.25, -0.2) is 0 Å². The van der Waals surface area contributed by atoms with E-state index in [0.717, 1.165) is 6.92 Å². The molecule has 1 aliphatic heterocycles. The minimum Gasteiger partial charge on any atom is -0.507 e. The average Bonchev–Trinajstić information content (AvgIpc) is 2.98. The number of fused-ring (bicyclic) bond motifs is 3. The van der Waals surface area contributed by atoms with Crippen LogP contribution in [0, 0.1) is 0 Å². The molecule has 44 heavy (non-hydrogen) atoms. The second-order valence-electron chi connectivity index (χ2n) is 11.3. The smallest absolute Gasteiger partial charge is 0.236 e. The van der Waals surface area contributed by atoms with Crippen LogP contribution < -0.4 is 10.8 Å². The van der Waals surface area contributed by atoms with Crippen LogP contribution in [0.15, 0.2) is 18.2 Å². The fraction of sp³-hybridized carbons (Fsp3) is 0.467. The van der Waals surface area contributed by atoms with Crippen LogP contribution in [-0.4, -0.2) is 92.6 Å². The van der Waals surface area contributed by atoms with Gasteiger partial charge in [-0.05, 0) is 19.4 Å². The van der Waals surface area contributed by atoms with Crippen molar-refractivity contribution in [1.82, 2.24) is 10.8 Å². The first-order valence-electron chi connectivity index (χ1n) is 14.0. The third-order valence-corrected chi connectivity index (χ3v) is 8.55. The standard InChI is InChI=1S/C30H34N2O12/c1-12-25(36)17(32-19(35)10-31-42-3)7-20(43-12)44-18-9-30(41,13(2)34)8-16-22(18)29(40)24-23(27(16)38)26(37)15-6-4-5-14(11-33)21(15)28(24)39/h4-6,12,17-18,20,25,31,33,36,38,40-41H,7-11H2,1-3H3,(H,32,35)/t12?,17?,18-,20?,25?,30-/m0/s1. The van der Waals surface area contributed by atoms with Crippen LogP contribution in [0.25, 0.3) is 0 Å². The molecule has 0 bridgehead atoms. The zero-order valence-corrected chi connectivity index (χ0v) is 24.2. The maximum absolute atomic E-state index is 13.7. The highest BCUT2D eigenvalue weighted by atomic mass is 16.7. The number of benzene rings is 2. The Morgan fingerprint density at radius 3 is 2.48 bits per heavy atom. The van der Waals surface area contributed by atoms with Gasteiger partial charge in [-0.15, -0.1) is 0 Å². The van der Waals surface area contributed by atoms with E-state index in [2.05, 4.69) is 15.6 Å². The SMILES string of the molecule is CONCC(=O)NC1CC(O[C@H]2C[C@](O)(C(C)=O)Cc3c(O)c4c(c(O)c32)C(=O)c2c(CO)cccc2C4=O)OC(C)C1O. The van der Waals surface area contributed by atoms with Gasteiger partial charge in [-0.3, -0.25) is 19.2 Å². The molecular formula is C30H34N2O12. The minimum absolute atomic E-state index is 0.0777. The predicted molar refractivity (Wildman–Crippen MR) is 149 cm³/mol. The number of hydroxylamine groups is 1. The van der Waals surface area contributed by atoms with Gasteiger partial charge in [0.1, 0.15) is 23.2 Å². The third-order valence-electron chi connectivity index (χ3n) is 8.55. The summed E-state index contributed by atoms with van der Waals surface area (Å²) in [6.07, 6.45) is -5.45. The van der Waals surface area contributed by atoms with Gasteiger partial charge in [0.05, 0.1) is 49.6 Å². The van der Waals surface area contributed by atoms with Crippen molar-refractivity contribution in [2.75, 3.05) is 13.7 Å². The molecule has 14 nitrogen and oxygen atoms in total. The predicted octanol–water partition coefficient (Wildman–Crippen LogP) is -0.179. The lowest BCUT2D eigenvalue weighted by molar-refractivity contribution is -0.249. The number of ether oxygens (including phenoxy) is 2.